The molecule has 37 heavy (non-hydrogen) atoms. The number of hydrogen-bond acceptors (Lipinski definition) is 8. The predicted octanol–water partition coefficient (Wildman–Crippen LogP) is 4.18. The predicted molar refractivity (Wildman–Crippen MR) is 140 cm³/mol. The van der Waals surface area contributed by atoms with Crippen LogP contribution < -0.4 is 21.7 Å². The monoisotopic (exact) mass is 561 g/mol. The van der Waals surface area contributed by atoms with Crippen LogP contribution in [-0.2, 0) is 4.79 Å². The molecule has 0 aliphatic heterocycles. The van der Waals surface area contributed by atoms with E-state index in [1.54, 1.807) is 24.3 Å². The van der Waals surface area contributed by atoms with Crippen LogP contribution in [0.1, 0.15) is 27.4 Å². The Morgan fingerprint density at radius 1 is 0.784 bits per heavy atom. The average Bonchev–Trinajstić information content (AvgIpc) is 2.92. The summed E-state index contributed by atoms with van der Waals surface area (Å²) in [6, 6.07) is 24.9. The van der Waals surface area contributed by atoms with Gasteiger partial charge in [-0.3, -0.25) is 41.4 Å². The van der Waals surface area contributed by atoms with Crippen molar-refractivity contribution in [3.63, 3.8) is 0 Å². The van der Waals surface area contributed by atoms with Crippen molar-refractivity contribution in [2.45, 2.75) is 5.92 Å². The SMILES string of the molecule is O=C(NNc1ncnc(NNC(=O)C(c2ccccc2)c2ccccc2)c1[N+](=O)[O-])c1ccccc1Br. The van der Waals surface area contributed by atoms with E-state index in [0.717, 1.165) is 17.5 Å². The quantitative estimate of drug-likeness (QED) is 0.175. The Morgan fingerprint density at radius 3 is 1.84 bits per heavy atom. The Bertz CT molecular complexity index is 1380. The minimum atomic E-state index is -0.729. The normalized spacial score (nSPS) is 10.4. The Kier molecular flexibility index (Phi) is 8.01. The number of hydrazine groups is 2. The van der Waals surface area contributed by atoms with Gasteiger partial charge in [0.1, 0.15) is 6.33 Å². The first-order valence-electron chi connectivity index (χ1n) is 10.9. The molecule has 0 aliphatic carbocycles. The fourth-order valence-corrected chi connectivity index (χ4v) is 4.01. The number of amides is 2. The molecule has 4 N–H and O–H groups in total. The van der Waals surface area contributed by atoms with E-state index in [4.69, 9.17) is 0 Å². The third kappa shape index (κ3) is 6.05. The van der Waals surface area contributed by atoms with Crippen LogP contribution in [0.5, 0.6) is 0 Å². The fraction of sp³-hybridized carbons (Fsp3) is 0.0400. The van der Waals surface area contributed by atoms with Crippen LogP contribution in [-0.4, -0.2) is 26.7 Å². The van der Waals surface area contributed by atoms with Gasteiger partial charge >= 0.3 is 5.69 Å². The lowest BCUT2D eigenvalue weighted by atomic mass is 9.91. The number of aromatic nitrogens is 2. The Balaban J connectivity index is 1.53. The molecule has 4 aromatic rings. The molecule has 0 saturated carbocycles. The number of nitrogens with one attached hydrogen (secondary N) is 4. The zero-order valence-corrected chi connectivity index (χ0v) is 20.7. The van der Waals surface area contributed by atoms with E-state index in [1.807, 2.05) is 60.7 Å². The number of hydrogen-bond donors (Lipinski definition) is 4. The average molecular weight is 562 g/mol. The van der Waals surface area contributed by atoms with Crippen LogP contribution in [0, 0.1) is 10.1 Å². The van der Waals surface area contributed by atoms with E-state index in [-0.39, 0.29) is 11.6 Å². The highest BCUT2D eigenvalue weighted by Gasteiger charge is 2.26. The number of nitrogens with zero attached hydrogens (tertiary/aromatic N) is 3. The van der Waals surface area contributed by atoms with Gasteiger partial charge in [0.05, 0.1) is 16.4 Å². The lowest BCUT2D eigenvalue weighted by Crippen LogP contribution is -2.35. The first kappa shape index (κ1) is 25.3. The van der Waals surface area contributed by atoms with Crippen molar-refractivity contribution in [1.29, 1.82) is 0 Å². The maximum atomic E-state index is 13.2. The van der Waals surface area contributed by atoms with Crippen molar-refractivity contribution < 1.29 is 14.5 Å². The summed E-state index contributed by atoms with van der Waals surface area (Å²) in [5.74, 6) is -2.23. The molecule has 1 aromatic heterocycles. The molecule has 0 unspecified atom stereocenters. The minimum Gasteiger partial charge on any atom is -0.276 e. The van der Waals surface area contributed by atoms with Gasteiger partial charge in [0, 0.05) is 4.47 Å². The zero-order chi connectivity index (χ0) is 26.2. The molecule has 12 heteroatoms. The van der Waals surface area contributed by atoms with E-state index in [1.165, 1.54) is 0 Å². The third-order valence-corrected chi connectivity index (χ3v) is 5.94. The molecule has 0 aliphatic rings. The Hall–Kier alpha value is -4.84. The molecule has 3 aromatic carbocycles. The van der Waals surface area contributed by atoms with Crippen molar-refractivity contribution in [2.24, 2.45) is 0 Å². The molecule has 4 rings (SSSR count). The highest BCUT2D eigenvalue weighted by atomic mass is 79.9. The largest absolute Gasteiger partial charge is 0.356 e. The number of anilines is 2. The van der Waals surface area contributed by atoms with Gasteiger partial charge in [-0.2, -0.15) is 0 Å². The summed E-state index contributed by atoms with van der Waals surface area (Å²) in [6.45, 7) is 0. The molecule has 1 heterocycles. The first-order valence-corrected chi connectivity index (χ1v) is 11.7. The van der Waals surface area contributed by atoms with Crippen LogP contribution in [0.2, 0.25) is 0 Å². The summed E-state index contributed by atoms with van der Waals surface area (Å²) in [4.78, 5) is 44.6. The maximum Gasteiger partial charge on any atom is 0.356 e. The number of nitro groups is 1. The molecule has 0 saturated heterocycles. The number of carbonyl (C=O) groups is 2. The van der Waals surface area contributed by atoms with Crippen molar-refractivity contribution in [3.8, 4) is 0 Å². The zero-order valence-electron chi connectivity index (χ0n) is 19.1. The van der Waals surface area contributed by atoms with Gasteiger partial charge in [0.15, 0.2) is 0 Å². The molecule has 2 amide bonds. The highest BCUT2D eigenvalue weighted by molar-refractivity contribution is 9.10. The van der Waals surface area contributed by atoms with Gasteiger partial charge in [0.25, 0.3) is 5.91 Å². The Morgan fingerprint density at radius 2 is 1.30 bits per heavy atom. The second-order valence-electron chi connectivity index (χ2n) is 7.60. The van der Waals surface area contributed by atoms with E-state index in [9.17, 15) is 19.7 Å². The number of rotatable bonds is 9. The molecule has 0 fully saturated rings. The van der Waals surface area contributed by atoms with Crippen molar-refractivity contribution >= 4 is 45.1 Å². The van der Waals surface area contributed by atoms with Crippen molar-refractivity contribution in [1.82, 2.24) is 20.8 Å². The molecule has 186 valence electrons. The van der Waals surface area contributed by atoms with E-state index < -0.39 is 28.3 Å². The molecular formula is C25H20BrN7O4. The molecule has 0 radical (unpaired) electrons. The second kappa shape index (κ2) is 11.7. The summed E-state index contributed by atoms with van der Waals surface area (Å²) in [5, 5.41) is 11.8. The summed E-state index contributed by atoms with van der Waals surface area (Å²) >= 11 is 3.28. The standard InChI is InChI=1S/C25H20BrN7O4/c26-19-14-8-7-13-18(19)24(34)31-29-22-21(33(36)37)23(28-15-27-22)30-32-25(35)20(16-9-3-1-4-10-16)17-11-5-2-6-12-17/h1-15,20H,(H,31,34)(H,32,35)(H2,27,28,29,30). The van der Waals surface area contributed by atoms with E-state index in [2.05, 4.69) is 47.6 Å². The third-order valence-electron chi connectivity index (χ3n) is 5.25. The number of carbonyl (C=O) groups excluding carboxylic acids is 2. The smallest absolute Gasteiger partial charge is 0.276 e. The number of benzene rings is 3. The van der Waals surface area contributed by atoms with Gasteiger partial charge in [-0.05, 0) is 39.2 Å². The van der Waals surface area contributed by atoms with Crippen molar-refractivity contribution in [3.05, 3.63) is 123 Å². The van der Waals surface area contributed by atoms with Gasteiger partial charge in [0.2, 0.25) is 17.5 Å². The van der Waals surface area contributed by atoms with Gasteiger partial charge in [-0.25, -0.2) is 9.97 Å². The molecule has 0 atom stereocenters. The van der Waals surface area contributed by atoms with Crippen LogP contribution >= 0.6 is 15.9 Å². The maximum absolute atomic E-state index is 13.2. The topological polar surface area (TPSA) is 151 Å². The lowest BCUT2D eigenvalue weighted by molar-refractivity contribution is -0.383. The van der Waals surface area contributed by atoms with Crippen molar-refractivity contribution in [2.75, 3.05) is 10.9 Å². The molecular weight excluding hydrogens is 542 g/mol. The van der Waals surface area contributed by atoms with Gasteiger partial charge in [-0.15, -0.1) is 0 Å². The summed E-state index contributed by atoms with van der Waals surface area (Å²) < 4.78 is 0.544. The van der Waals surface area contributed by atoms with Crippen LogP contribution in [0.15, 0.2) is 95.7 Å². The molecule has 0 bridgehead atoms. The second-order valence-corrected chi connectivity index (χ2v) is 8.46. The van der Waals surface area contributed by atoms with Crippen LogP contribution in [0.25, 0.3) is 0 Å². The van der Waals surface area contributed by atoms with E-state index >= 15 is 0 Å². The van der Waals surface area contributed by atoms with Crippen LogP contribution in [0.3, 0.4) is 0 Å². The summed E-state index contributed by atoms with van der Waals surface area (Å²) in [5.41, 5.74) is 11.1. The van der Waals surface area contributed by atoms with Gasteiger partial charge in [-0.1, -0.05) is 72.8 Å². The summed E-state index contributed by atoms with van der Waals surface area (Å²) in [6.07, 6.45) is 1.06. The fourth-order valence-electron chi connectivity index (χ4n) is 3.54. The lowest BCUT2D eigenvalue weighted by Gasteiger charge is -2.18. The molecule has 0 spiro atoms. The minimum absolute atomic E-state index is 0.272. The number of halogens is 1. The van der Waals surface area contributed by atoms with Crippen LogP contribution in [0.4, 0.5) is 17.3 Å². The molecule has 11 nitrogen and oxygen atoms in total. The van der Waals surface area contributed by atoms with Gasteiger partial charge < -0.3 is 0 Å². The first-order chi connectivity index (χ1) is 18.0. The Labute approximate surface area is 219 Å². The highest BCUT2D eigenvalue weighted by Crippen LogP contribution is 2.29. The van der Waals surface area contributed by atoms with E-state index in [0.29, 0.717) is 10.0 Å². The summed E-state index contributed by atoms with van der Waals surface area (Å²) in [7, 11) is 0.